The minimum Gasteiger partial charge on any atom is -0.455 e. The summed E-state index contributed by atoms with van der Waals surface area (Å²) in [5, 5.41) is 9.18. The maximum absolute atomic E-state index is 6.93. The summed E-state index contributed by atoms with van der Waals surface area (Å²) in [4.78, 5) is 17.3. The summed E-state index contributed by atoms with van der Waals surface area (Å²) in [5.74, 6) is 1.20. The van der Waals surface area contributed by atoms with Crippen molar-refractivity contribution in [3.8, 4) is 28.1 Å². The van der Waals surface area contributed by atoms with E-state index >= 15 is 0 Å². The van der Waals surface area contributed by atoms with E-state index in [1.807, 2.05) is 53.6 Å². The molecule has 0 atom stereocenters. The molecule has 7 aromatic carbocycles. The molecule has 9 aromatic rings. The Morgan fingerprint density at radius 1 is 0.511 bits per heavy atom. The van der Waals surface area contributed by atoms with Crippen LogP contribution in [0.25, 0.3) is 76.8 Å². The van der Waals surface area contributed by atoms with Crippen LogP contribution >= 0.6 is 0 Å². The van der Waals surface area contributed by atoms with E-state index in [1.165, 1.54) is 0 Å². The van der Waals surface area contributed by atoms with Crippen LogP contribution in [0.2, 0.25) is 0 Å². The fourth-order valence-corrected chi connectivity index (χ4v) is 6.92. The smallest absolute Gasteiger partial charge is 0.265 e. The van der Waals surface area contributed by atoms with Gasteiger partial charge in [0, 0.05) is 32.8 Å². The lowest BCUT2D eigenvalue weighted by Gasteiger charge is -2.33. The Balaban J connectivity index is 1.39. The molecule has 10 rings (SSSR count). The second-order valence-corrected chi connectivity index (χ2v) is 11.4. The second-order valence-electron chi connectivity index (χ2n) is 11.4. The highest BCUT2D eigenvalue weighted by atomic mass is 16.7. The van der Waals surface area contributed by atoms with Gasteiger partial charge in [-0.25, -0.2) is 9.97 Å². The van der Waals surface area contributed by atoms with Crippen molar-refractivity contribution in [2.75, 3.05) is 5.06 Å². The number of rotatable bonds is 2. The van der Waals surface area contributed by atoms with E-state index in [0.717, 1.165) is 88.2 Å². The van der Waals surface area contributed by atoms with Crippen molar-refractivity contribution >= 4 is 66.0 Å². The molecule has 0 saturated carbocycles. The molecule has 0 spiro atoms. The van der Waals surface area contributed by atoms with Crippen molar-refractivity contribution in [3.05, 3.63) is 140 Å². The fraction of sp³-hybridized carbons (Fsp3) is 0. The van der Waals surface area contributed by atoms with Crippen molar-refractivity contribution in [3.63, 3.8) is 0 Å². The zero-order chi connectivity index (χ0) is 29.5. The Morgan fingerprint density at radius 3 is 2.07 bits per heavy atom. The van der Waals surface area contributed by atoms with Crippen LogP contribution in [0.5, 0.6) is 5.75 Å². The van der Waals surface area contributed by atoms with Crippen molar-refractivity contribution in [2.45, 2.75) is 0 Å². The molecule has 0 bridgehead atoms. The summed E-state index contributed by atoms with van der Waals surface area (Å²) in [6, 6.07) is 47.7. The number of hydrogen-bond acceptors (Lipinski definition) is 5. The maximum atomic E-state index is 6.93. The Kier molecular flexibility index (Phi) is 4.93. The number of aromatic nitrogens is 2. The van der Waals surface area contributed by atoms with Gasteiger partial charge in [0.25, 0.3) is 5.95 Å². The summed E-state index contributed by atoms with van der Waals surface area (Å²) in [5.41, 5.74) is 7.31. The molecule has 5 nitrogen and oxygen atoms in total. The number of anilines is 2. The monoisotopic (exact) mass is 577 g/mol. The third kappa shape index (κ3) is 3.43. The molecule has 0 saturated heterocycles. The van der Waals surface area contributed by atoms with Crippen LogP contribution in [0.1, 0.15) is 0 Å². The van der Waals surface area contributed by atoms with E-state index in [2.05, 4.69) is 91.0 Å². The average Bonchev–Trinajstić information content (AvgIpc) is 3.51. The molecule has 0 radical (unpaired) electrons. The molecule has 0 amide bonds. The minimum absolute atomic E-state index is 0.453. The predicted octanol–water partition coefficient (Wildman–Crippen LogP) is 10.6. The molecule has 0 fully saturated rings. The van der Waals surface area contributed by atoms with E-state index in [9.17, 15) is 0 Å². The summed E-state index contributed by atoms with van der Waals surface area (Å²) >= 11 is 0. The molecule has 5 heteroatoms. The highest BCUT2D eigenvalue weighted by Crippen LogP contribution is 2.55. The normalized spacial score (nSPS) is 12.6. The summed E-state index contributed by atoms with van der Waals surface area (Å²) in [6.45, 7) is 0. The molecule has 0 aliphatic carbocycles. The van der Waals surface area contributed by atoms with Crippen LogP contribution in [0.4, 0.5) is 11.6 Å². The van der Waals surface area contributed by atoms with E-state index in [0.29, 0.717) is 5.95 Å². The van der Waals surface area contributed by atoms with Gasteiger partial charge in [0.1, 0.15) is 16.9 Å². The molecule has 45 heavy (non-hydrogen) atoms. The van der Waals surface area contributed by atoms with Gasteiger partial charge in [-0.15, -0.1) is 5.06 Å². The van der Waals surface area contributed by atoms with Gasteiger partial charge in [0.15, 0.2) is 5.75 Å². The van der Waals surface area contributed by atoms with Crippen LogP contribution in [0.15, 0.2) is 144 Å². The first-order valence-electron chi connectivity index (χ1n) is 15.0. The van der Waals surface area contributed by atoms with Crippen LogP contribution in [0.3, 0.4) is 0 Å². The molecular weight excluding hydrogens is 554 g/mol. The number of nitrogens with zero attached hydrogens (tertiary/aromatic N) is 3. The van der Waals surface area contributed by atoms with E-state index in [-0.39, 0.29) is 0 Å². The van der Waals surface area contributed by atoms with Gasteiger partial charge in [0.2, 0.25) is 0 Å². The van der Waals surface area contributed by atoms with Gasteiger partial charge in [-0.05, 0) is 34.4 Å². The first kappa shape index (κ1) is 24.3. The number of hydrogen-bond donors (Lipinski definition) is 0. The van der Waals surface area contributed by atoms with Gasteiger partial charge in [0.05, 0.1) is 16.6 Å². The average molecular weight is 578 g/mol. The Hall–Kier alpha value is -6.20. The lowest BCUT2D eigenvalue weighted by atomic mass is 9.88. The summed E-state index contributed by atoms with van der Waals surface area (Å²) < 4.78 is 6.63. The van der Waals surface area contributed by atoms with Crippen LogP contribution in [-0.4, -0.2) is 9.97 Å². The Bertz CT molecular complexity index is 2640. The highest BCUT2D eigenvalue weighted by Gasteiger charge is 2.35. The molecule has 0 unspecified atom stereocenters. The SMILES string of the molecule is c1ccc(-c2nc(N3Oc4ccc5ccccc5c4-c4c3c3c5ccccc5oc3c3ccccc43)nc3ccccc23)cc1. The first-order valence-corrected chi connectivity index (χ1v) is 15.0. The minimum atomic E-state index is 0.453. The highest BCUT2D eigenvalue weighted by molar-refractivity contribution is 6.28. The van der Waals surface area contributed by atoms with Gasteiger partial charge >= 0.3 is 0 Å². The van der Waals surface area contributed by atoms with Crippen molar-refractivity contribution in [1.82, 2.24) is 9.97 Å². The third-order valence-electron chi connectivity index (χ3n) is 8.86. The van der Waals surface area contributed by atoms with Crippen molar-refractivity contribution < 1.29 is 9.25 Å². The number of furan rings is 1. The summed E-state index contributed by atoms with van der Waals surface area (Å²) in [7, 11) is 0. The van der Waals surface area contributed by atoms with E-state index in [1.54, 1.807) is 0 Å². The number of para-hydroxylation sites is 2. The van der Waals surface area contributed by atoms with Crippen LogP contribution in [-0.2, 0) is 0 Å². The second kappa shape index (κ2) is 9.15. The largest absolute Gasteiger partial charge is 0.455 e. The third-order valence-corrected chi connectivity index (χ3v) is 8.86. The zero-order valence-corrected chi connectivity index (χ0v) is 23.9. The predicted molar refractivity (Wildman–Crippen MR) is 182 cm³/mol. The van der Waals surface area contributed by atoms with Gasteiger partial charge in [-0.3, -0.25) is 0 Å². The molecular formula is C40H23N3O2. The lowest BCUT2D eigenvalue weighted by Crippen LogP contribution is -2.28. The Morgan fingerprint density at radius 2 is 1.20 bits per heavy atom. The van der Waals surface area contributed by atoms with E-state index < -0.39 is 0 Å². The van der Waals surface area contributed by atoms with Crippen molar-refractivity contribution in [2.24, 2.45) is 0 Å². The van der Waals surface area contributed by atoms with Crippen LogP contribution < -0.4 is 9.90 Å². The standard InChI is InChI=1S/C40H23N3O2/c1-2-13-25(14-3-1)37-29-18-8-10-20-31(29)41-40(42-37)43-38-35(34-26-15-5-4-12-24(26)22-23-33(34)45-43)27-16-6-7-17-28(27)39-36(38)30-19-9-11-21-32(30)44-39/h1-23H. The van der Waals surface area contributed by atoms with Gasteiger partial charge < -0.3 is 9.25 Å². The maximum Gasteiger partial charge on any atom is 0.265 e. The molecule has 0 N–H and O–H groups in total. The van der Waals surface area contributed by atoms with Gasteiger partial charge in [-0.2, -0.15) is 0 Å². The molecule has 1 aliphatic heterocycles. The molecule has 210 valence electrons. The topological polar surface area (TPSA) is 51.4 Å². The fourth-order valence-electron chi connectivity index (χ4n) is 6.92. The van der Waals surface area contributed by atoms with E-state index in [4.69, 9.17) is 19.2 Å². The Labute approximate surface area is 257 Å². The quantitative estimate of drug-likeness (QED) is 0.205. The van der Waals surface area contributed by atoms with Gasteiger partial charge in [-0.1, -0.05) is 121 Å². The van der Waals surface area contributed by atoms with Crippen LogP contribution in [0, 0.1) is 0 Å². The molecule has 1 aliphatic rings. The van der Waals surface area contributed by atoms with Crippen molar-refractivity contribution in [1.29, 1.82) is 0 Å². The number of fused-ring (bicyclic) bond motifs is 13. The lowest BCUT2D eigenvalue weighted by molar-refractivity contribution is 0.316. The number of benzene rings is 7. The zero-order valence-electron chi connectivity index (χ0n) is 23.9. The molecule has 2 aromatic heterocycles. The summed E-state index contributed by atoms with van der Waals surface area (Å²) in [6.07, 6.45) is 0. The first-order chi connectivity index (χ1) is 22.3. The molecule has 3 heterocycles.